The molecule has 0 amide bonds. The Bertz CT molecular complexity index is 871. The molecule has 19 heavy (non-hydrogen) atoms. The van der Waals surface area contributed by atoms with Crippen LogP contribution in [0.25, 0.3) is 33.3 Å². The SMILES string of the molecule is c1ccc2nc3cc(-c4cnon4)ccc3nc2c1. The monoisotopic (exact) mass is 248 g/mol. The zero-order valence-electron chi connectivity index (χ0n) is 9.82. The molecule has 5 nitrogen and oxygen atoms in total. The van der Waals surface area contributed by atoms with E-state index in [-0.39, 0.29) is 0 Å². The van der Waals surface area contributed by atoms with Crippen molar-refractivity contribution in [3.05, 3.63) is 48.7 Å². The van der Waals surface area contributed by atoms with E-state index < -0.39 is 0 Å². The lowest BCUT2D eigenvalue weighted by molar-refractivity contribution is 0.308. The van der Waals surface area contributed by atoms with Gasteiger partial charge in [-0.15, -0.1) is 0 Å². The fraction of sp³-hybridized carbons (Fsp3) is 0. The molecule has 0 atom stereocenters. The van der Waals surface area contributed by atoms with Crippen LogP contribution in [0.3, 0.4) is 0 Å². The molecular weight excluding hydrogens is 240 g/mol. The normalized spacial score (nSPS) is 11.2. The first-order chi connectivity index (χ1) is 9.40. The predicted octanol–water partition coefficient (Wildman–Crippen LogP) is 2.83. The van der Waals surface area contributed by atoms with Gasteiger partial charge < -0.3 is 0 Å². The second-order valence-electron chi connectivity index (χ2n) is 4.21. The highest BCUT2D eigenvalue weighted by Crippen LogP contribution is 2.22. The van der Waals surface area contributed by atoms with E-state index in [1.54, 1.807) is 6.20 Å². The summed E-state index contributed by atoms with van der Waals surface area (Å²) in [6.07, 6.45) is 1.58. The molecule has 0 radical (unpaired) electrons. The summed E-state index contributed by atoms with van der Waals surface area (Å²) in [4.78, 5) is 9.19. The summed E-state index contributed by atoms with van der Waals surface area (Å²) in [6, 6.07) is 13.6. The largest absolute Gasteiger partial charge is 0.245 e. The molecule has 0 aliphatic rings. The van der Waals surface area contributed by atoms with Crippen molar-refractivity contribution in [3.8, 4) is 11.3 Å². The summed E-state index contributed by atoms with van der Waals surface area (Å²) in [5, 5.41) is 7.43. The smallest absolute Gasteiger partial charge is 0.135 e. The van der Waals surface area contributed by atoms with Crippen LogP contribution in [0, 0.1) is 0 Å². The fourth-order valence-corrected chi connectivity index (χ4v) is 2.07. The molecular formula is C14H8N4O. The lowest BCUT2D eigenvalue weighted by atomic mass is 10.1. The van der Waals surface area contributed by atoms with Crippen LogP contribution < -0.4 is 0 Å². The first-order valence-electron chi connectivity index (χ1n) is 5.85. The maximum absolute atomic E-state index is 4.62. The Morgan fingerprint density at radius 1 is 0.789 bits per heavy atom. The van der Waals surface area contributed by atoms with Crippen molar-refractivity contribution in [2.24, 2.45) is 0 Å². The number of benzene rings is 2. The third kappa shape index (κ3) is 1.63. The molecule has 0 spiro atoms. The molecule has 90 valence electrons. The van der Waals surface area contributed by atoms with E-state index >= 15 is 0 Å². The Morgan fingerprint density at radius 3 is 2.26 bits per heavy atom. The van der Waals surface area contributed by atoms with Gasteiger partial charge in [0.25, 0.3) is 0 Å². The average Bonchev–Trinajstić information content (AvgIpc) is 2.98. The third-order valence-electron chi connectivity index (χ3n) is 3.00. The summed E-state index contributed by atoms with van der Waals surface area (Å²) < 4.78 is 4.62. The molecule has 2 aromatic heterocycles. The highest BCUT2D eigenvalue weighted by Gasteiger charge is 2.06. The number of para-hydroxylation sites is 2. The number of nitrogens with zero attached hydrogens (tertiary/aromatic N) is 4. The third-order valence-corrected chi connectivity index (χ3v) is 3.00. The van der Waals surface area contributed by atoms with Crippen molar-refractivity contribution in [1.82, 2.24) is 20.3 Å². The summed E-state index contributed by atoms with van der Waals surface area (Å²) >= 11 is 0. The van der Waals surface area contributed by atoms with E-state index in [0.29, 0.717) is 5.69 Å². The Labute approximate surface area is 107 Å². The lowest BCUT2D eigenvalue weighted by Gasteiger charge is -2.02. The zero-order valence-corrected chi connectivity index (χ0v) is 9.82. The standard InChI is InChI=1S/C14H8N4O/c1-2-4-11-10(3-1)16-12-6-5-9(7-13(12)17-11)14-8-15-19-18-14/h1-8H. The van der Waals surface area contributed by atoms with Crippen molar-refractivity contribution in [3.63, 3.8) is 0 Å². The Morgan fingerprint density at radius 2 is 1.53 bits per heavy atom. The van der Waals surface area contributed by atoms with Crippen LogP contribution in [-0.4, -0.2) is 20.3 Å². The van der Waals surface area contributed by atoms with Crippen LogP contribution in [0.2, 0.25) is 0 Å². The molecule has 0 aliphatic heterocycles. The maximum Gasteiger partial charge on any atom is 0.135 e. The van der Waals surface area contributed by atoms with Gasteiger partial charge in [-0.25, -0.2) is 14.6 Å². The van der Waals surface area contributed by atoms with Crippen LogP contribution in [-0.2, 0) is 0 Å². The highest BCUT2D eigenvalue weighted by molar-refractivity contribution is 5.88. The van der Waals surface area contributed by atoms with Gasteiger partial charge >= 0.3 is 0 Å². The van der Waals surface area contributed by atoms with Gasteiger partial charge in [-0.05, 0) is 29.4 Å². The molecule has 4 rings (SSSR count). The molecule has 0 fully saturated rings. The number of fused-ring (bicyclic) bond motifs is 2. The van der Waals surface area contributed by atoms with E-state index in [1.165, 1.54) is 0 Å². The Balaban J connectivity index is 2.00. The van der Waals surface area contributed by atoms with E-state index in [4.69, 9.17) is 0 Å². The molecule has 2 heterocycles. The van der Waals surface area contributed by atoms with Crippen LogP contribution in [0.1, 0.15) is 0 Å². The van der Waals surface area contributed by atoms with Crippen molar-refractivity contribution in [1.29, 1.82) is 0 Å². The first-order valence-corrected chi connectivity index (χ1v) is 5.85. The molecule has 0 N–H and O–H groups in total. The minimum absolute atomic E-state index is 0.692. The summed E-state index contributed by atoms with van der Waals surface area (Å²) in [5.74, 6) is 0. The molecule has 4 aromatic rings. The zero-order chi connectivity index (χ0) is 12.7. The molecule has 0 saturated carbocycles. The lowest BCUT2D eigenvalue weighted by Crippen LogP contribution is -1.88. The van der Waals surface area contributed by atoms with Gasteiger partial charge in [-0.3, -0.25) is 0 Å². The average molecular weight is 248 g/mol. The Kier molecular flexibility index (Phi) is 2.05. The number of hydrogen-bond donors (Lipinski definition) is 0. The van der Waals surface area contributed by atoms with Crippen molar-refractivity contribution in [2.75, 3.05) is 0 Å². The van der Waals surface area contributed by atoms with Gasteiger partial charge in [0.15, 0.2) is 0 Å². The van der Waals surface area contributed by atoms with Gasteiger partial charge in [0.1, 0.15) is 5.69 Å². The second kappa shape index (κ2) is 3.84. The second-order valence-corrected chi connectivity index (χ2v) is 4.21. The first kappa shape index (κ1) is 10.1. The van der Waals surface area contributed by atoms with Gasteiger partial charge in [0.2, 0.25) is 0 Å². The van der Waals surface area contributed by atoms with E-state index in [2.05, 4.69) is 24.9 Å². The number of aromatic nitrogens is 4. The van der Waals surface area contributed by atoms with Crippen molar-refractivity contribution < 1.29 is 4.63 Å². The minimum atomic E-state index is 0.692. The summed E-state index contributed by atoms with van der Waals surface area (Å²) in [7, 11) is 0. The number of rotatable bonds is 1. The quantitative estimate of drug-likeness (QED) is 0.484. The van der Waals surface area contributed by atoms with Gasteiger partial charge in [0.05, 0.1) is 28.3 Å². The van der Waals surface area contributed by atoms with Crippen LogP contribution >= 0.6 is 0 Å². The van der Waals surface area contributed by atoms with Crippen LogP contribution in [0.5, 0.6) is 0 Å². The van der Waals surface area contributed by atoms with Gasteiger partial charge in [-0.1, -0.05) is 23.4 Å². The molecule has 0 unspecified atom stereocenters. The summed E-state index contributed by atoms with van der Waals surface area (Å²) in [5.41, 5.74) is 5.07. The van der Waals surface area contributed by atoms with Crippen molar-refractivity contribution >= 4 is 22.1 Å². The molecule has 2 aromatic carbocycles. The van der Waals surface area contributed by atoms with Crippen LogP contribution in [0.4, 0.5) is 0 Å². The topological polar surface area (TPSA) is 64.7 Å². The molecule has 0 aliphatic carbocycles. The minimum Gasteiger partial charge on any atom is -0.245 e. The van der Waals surface area contributed by atoms with Gasteiger partial charge in [-0.2, -0.15) is 0 Å². The van der Waals surface area contributed by atoms with E-state index in [9.17, 15) is 0 Å². The summed E-state index contributed by atoms with van der Waals surface area (Å²) in [6.45, 7) is 0. The number of hydrogen-bond acceptors (Lipinski definition) is 5. The molecule has 5 heteroatoms. The Hall–Kier alpha value is -2.82. The fourth-order valence-electron chi connectivity index (χ4n) is 2.07. The highest BCUT2D eigenvalue weighted by atomic mass is 16.6. The maximum atomic E-state index is 4.62. The van der Waals surface area contributed by atoms with Gasteiger partial charge in [0, 0.05) is 5.56 Å². The van der Waals surface area contributed by atoms with E-state index in [1.807, 2.05) is 42.5 Å². The predicted molar refractivity (Wildman–Crippen MR) is 70.3 cm³/mol. The molecule has 0 bridgehead atoms. The molecule has 0 saturated heterocycles. The van der Waals surface area contributed by atoms with E-state index in [0.717, 1.165) is 27.6 Å². The van der Waals surface area contributed by atoms with Crippen molar-refractivity contribution in [2.45, 2.75) is 0 Å². The van der Waals surface area contributed by atoms with Crippen LogP contribution in [0.15, 0.2) is 53.3 Å².